The number of hydrogen-bond donors (Lipinski definition) is 1. The fourth-order valence-corrected chi connectivity index (χ4v) is 2.22. The van der Waals surface area contributed by atoms with Crippen LogP contribution < -0.4 is 10.1 Å². The fourth-order valence-electron chi connectivity index (χ4n) is 2.22. The summed E-state index contributed by atoms with van der Waals surface area (Å²) in [5.41, 5.74) is -0.0803. The van der Waals surface area contributed by atoms with Gasteiger partial charge in [-0.3, -0.25) is 9.48 Å². The first-order valence-corrected chi connectivity index (χ1v) is 7.53. The molecule has 2 rings (SSSR count). The zero-order chi connectivity index (χ0) is 19.5. The normalized spacial score (nSPS) is 11.7. The summed E-state index contributed by atoms with van der Waals surface area (Å²) in [7, 11) is 0. The second-order valence-corrected chi connectivity index (χ2v) is 5.57. The highest BCUT2D eigenvalue weighted by Crippen LogP contribution is 2.29. The van der Waals surface area contributed by atoms with Crippen LogP contribution in [0, 0.1) is 13.8 Å². The number of anilines is 1. The third-order valence-corrected chi connectivity index (χ3v) is 3.45. The topological polar surface area (TPSA) is 56.2 Å². The maximum atomic E-state index is 12.6. The first-order valence-electron chi connectivity index (χ1n) is 7.53. The minimum atomic E-state index is -4.57. The molecule has 0 bridgehead atoms. The molecule has 0 saturated heterocycles. The van der Waals surface area contributed by atoms with Gasteiger partial charge in [0.2, 0.25) is 5.91 Å². The summed E-state index contributed by atoms with van der Waals surface area (Å²) >= 11 is 0. The van der Waals surface area contributed by atoms with E-state index >= 15 is 0 Å². The molecule has 0 aliphatic heterocycles. The Morgan fingerprint density at radius 1 is 1.27 bits per heavy atom. The Balaban J connectivity index is 2.03. The summed E-state index contributed by atoms with van der Waals surface area (Å²) < 4.78 is 68.2. The molecule has 0 fully saturated rings. The molecular formula is C16H16F5N3O2. The average molecular weight is 377 g/mol. The Bertz CT molecular complexity index is 787. The van der Waals surface area contributed by atoms with Crippen molar-refractivity contribution in [2.24, 2.45) is 0 Å². The number of halogens is 5. The monoisotopic (exact) mass is 377 g/mol. The molecule has 10 heteroatoms. The molecule has 0 saturated carbocycles. The Labute approximate surface area is 145 Å². The summed E-state index contributed by atoms with van der Waals surface area (Å²) in [5, 5.41) is 5.83. The lowest BCUT2D eigenvalue weighted by Crippen LogP contribution is -2.17. The zero-order valence-corrected chi connectivity index (χ0v) is 13.9. The number of aromatic nitrogens is 2. The first-order chi connectivity index (χ1) is 12.1. The molecular weight excluding hydrogens is 361 g/mol. The minimum absolute atomic E-state index is 0.0501. The van der Waals surface area contributed by atoms with Gasteiger partial charge in [0.1, 0.15) is 5.75 Å². The van der Waals surface area contributed by atoms with Crippen molar-refractivity contribution in [1.29, 1.82) is 0 Å². The third kappa shape index (κ3) is 5.17. The number of aryl methyl sites for hydroxylation is 3. The van der Waals surface area contributed by atoms with Crippen molar-refractivity contribution in [2.45, 2.75) is 39.6 Å². The van der Waals surface area contributed by atoms with Crippen molar-refractivity contribution >= 4 is 11.6 Å². The summed E-state index contributed by atoms with van der Waals surface area (Å²) in [4.78, 5) is 12.0. The Morgan fingerprint density at radius 2 is 1.96 bits per heavy atom. The molecule has 1 N–H and O–H groups in total. The SMILES string of the molecule is Cc1ccc(NC(=O)CCn2nc(C(F)(F)F)cc2C)c(OC(F)F)c1. The van der Waals surface area contributed by atoms with Gasteiger partial charge in [0.15, 0.2) is 5.69 Å². The molecule has 26 heavy (non-hydrogen) atoms. The van der Waals surface area contributed by atoms with Crippen LogP contribution in [0.4, 0.5) is 27.6 Å². The number of carbonyl (C=O) groups is 1. The molecule has 0 aliphatic rings. The Kier molecular flexibility index (Phi) is 5.83. The van der Waals surface area contributed by atoms with Crippen LogP contribution in [0.1, 0.15) is 23.4 Å². The van der Waals surface area contributed by atoms with Crippen LogP contribution in [0.2, 0.25) is 0 Å². The molecule has 142 valence electrons. The second kappa shape index (κ2) is 7.71. The highest BCUT2D eigenvalue weighted by molar-refractivity contribution is 5.92. The third-order valence-electron chi connectivity index (χ3n) is 3.45. The maximum Gasteiger partial charge on any atom is 0.435 e. The number of nitrogens with zero attached hydrogens (tertiary/aromatic N) is 2. The lowest BCUT2D eigenvalue weighted by Gasteiger charge is -2.13. The molecule has 1 amide bonds. The fraction of sp³-hybridized carbons (Fsp3) is 0.375. The molecule has 0 unspecified atom stereocenters. The van der Waals surface area contributed by atoms with Crippen molar-refractivity contribution in [1.82, 2.24) is 9.78 Å². The van der Waals surface area contributed by atoms with Gasteiger partial charge in [0.25, 0.3) is 0 Å². The van der Waals surface area contributed by atoms with Crippen molar-refractivity contribution < 1.29 is 31.5 Å². The van der Waals surface area contributed by atoms with Gasteiger partial charge in [-0.25, -0.2) is 0 Å². The maximum absolute atomic E-state index is 12.6. The molecule has 0 radical (unpaired) electrons. The van der Waals surface area contributed by atoms with E-state index in [1.54, 1.807) is 13.0 Å². The van der Waals surface area contributed by atoms with E-state index in [0.717, 1.165) is 10.7 Å². The van der Waals surface area contributed by atoms with Crippen LogP contribution in [0.5, 0.6) is 5.75 Å². The van der Waals surface area contributed by atoms with Crippen molar-refractivity contribution in [2.75, 3.05) is 5.32 Å². The number of benzene rings is 1. The van der Waals surface area contributed by atoms with Crippen LogP contribution in [0.3, 0.4) is 0 Å². The molecule has 1 heterocycles. The van der Waals surface area contributed by atoms with Gasteiger partial charge in [0.05, 0.1) is 5.69 Å². The summed E-state index contributed by atoms with van der Waals surface area (Å²) in [6.45, 7) is -0.0397. The van der Waals surface area contributed by atoms with E-state index in [4.69, 9.17) is 0 Å². The summed E-state index contributed by atoms with van der Waals surface area (Å²) in [6.07, 6.45) is -4.76. The molecule has 0 aliphatic carbocycles. The quantitative estimate of drug-likeness (QED) is 0.770. The van der Waals surface area contributed by atoms with E-state index in [9.17, 15) is 26.7 Å². The van der Waals surface area contributed by atoms with Gasteiger partial charge in [-0.1, -0.05) is 6.07 Å². The Morgan fingerprint density at radius 3 is 2.54 bits per heavy atom. The lowest BCUT2D eigenvalue weighted by atomic mass is 10.2. The number of carbonyl (C=O) groups excluding carboxylic acids is 1. The summed E-state index contributed by atoms with van der Waals surface area (Å²) in [5.74, 6) is -0.764. The van der Waals surface area contributed by atoms with E-state index in [2.05, 4.69) is 15.2 Å². The molecule has 1 aromatic carbocycles. The smallest absolute Gasteiger partial charge is 0.433 e. The van der Waals surface area contributed by atoms with Gasteiger partial charge in [-0.05, 0) is 37.6 Å². The highest BCUT2D eigenvalue weighted by atomic mass is 19.4. The molecule has 0 atom stereocenters. The Hall–Kier alpha value is -2.65. The zero-order valence-electron chi connectivity index (χ0n) is 13.9. The van der Waals surface area contributed by atoms with Crippen molar-refractivity contribution in [3.63, 3.8) is 0 Å². The number of nitrogens with one attached hydrogen (secondary N) is 1. The minimum Gasteiger partial charge on any atom is -0.433 e. The van der Waals surface area contributed by atoms with Gasteiger partial charge in [-0.2, -0.15) is 27.1 Å². The number of rotatable bonds is 6. The van der Waals surface area contributed by atoms with E-state index in [1.165, 1.54) is 19.1 Å². The van der Waals surface area contributed by atoms with Gasteiger partial charge in [-0.15, -0.1) is 0 Å². The van der Waals surface area contributed by atoms with Crippen LogP contribution in [-0.2, 0) is 17.5 Å². The standard InChI is InChI=1S/C16H16F5N3O2/c1-9-3-4-11(12(7-9)26-15(17)18)22-14(25)5-6-24-10(2)8-13(23-24)16(19,20)21/h3-4,7-8,15H,5-6H2,1-2H3,(H,22,25). The van der Waals surface area contributed by atoms with Crippen molar-refractivity contribution in [3.05, 3.63) is 41.2 Å². The average Bonchev–Trinajstić information content (AvgIpc) is 2.89. The number of ether oxygens (including phenoxy) is 1. The molecule has 0 spiro atoms. The van der Waals surface area contributed by atoms with E-state index in [-0.39, 0.29) is 30.1 Å². The number of hydrogen-bond acceptors (Lipinski definition) is 3. The number of amides is 1. The van der Waals surface area contributed by atoms with Crippen LogP contribution >= 0.6 is 0 Å². The predicted octanol–water partition coefficient (Wildman–Crippen LogP) is 4.15. The first kappa shape index (κ1) is 19.7. The lowest BCUT2D eigenvalue weighted by molar-refractivity contribution is -0.141. The molecule has 2 aromatic rings. The van der Waals surface area contributed by atoms with Gasteiger partial charge < -0.3 is 10.1 Å². The summed E-state index contributed by atoms with van der Waals surface area (Å²) in [6, 6.07) is 5.23. The van der Waals surface area contributed by atoms with E-state index < -0.39 is 24.4 Å². The van der Waals surface area contributed by atoms with Crippen molar-refractivity contribution in [3.8, 4) is 5.75 Å². The molecule has 5 nitrogen and oxygen atoms in total. The predicted molar refractivity (Wildman–Crippen MR) is 83.0 cm³/mol. The largest absolute Gasteiger partial charge is 0.435 e. The van der Waals surface area contributed by atoms with Crippen LogP contribution in [0.15, 0.2) is 24.3 Å². The second-order valence-electron chi connectivity index (χ2n) is 5.57. The highest BCUT2D eigenvalue weighted by Gasteiger charge is 2.34. The van der Waals surface area contributed by atoms with Crippen LogP contribution in [-0.4, -0.2) is 22.3 Å². The van der Waals surface area contributed by atoms with Crippen LogP contribution in [0.25, 0.3) is 0 Å². The van der Waals surface area contributed by atoms with E-state index in [0.29, 0.717) is 5.56 Å². The number of alkyl halides is 5. The van der Waals surface area contributed by atoms with E-state index in [1.807, 2.05) is 0 Å². The van der Waals surface area contributed by atoms with Gasteiger partial charge in [0, 0.05) is 18.7 Å². The molecule has 1 aromatic heterocycles. The van der Waals surface area contributed by atoms with Gasteiger partial charge >= 0.3 is 12.8 Å².